The highest BCUT2D eigenvalue weighted by atomic mass is 16.7. The molecule has 0 N–H and O–H groups in total. The van der Waals surface area contributed by atoms with E-state index in [1.165, 1.54) is 7.11 Å². The highest BCUT2D eigenvalue weighted by Crippen LogP contribution is 2.51. The van der Waals surface area contributed by atoms with Crippen LogP contribution in [0.1, 0.15) is 40.0 Å². The van der Waals surface area contributed by atoms with E-state index in [1.54, 1.807) is 6.92 Å². The SMILES string of the molecule is CCCCC1(C)OC1(C)C(=O)OC. The van der Waals surface area contributed by atoms with Crippen molar-refractivity contribution in [2.75, 3.05) is 7.11 Å². The van der Waals surface area contributed by atoms with E-state index in [0.717, 1.165) is 19.3 Å². The van der Waals surface area contributed by atoms with Crippen molar-refractivity contribution in [1.82, 2.24) is 0 Å². The van der Waals surface area contributed by atoms with Crippen LogP contribution in [0.15, 0.2) is 0 Å². The van der Waals surface area contributed by atoms with Gasteiger partial charge in [-0.05, 0) is 20.3 Å². The lowest BCUT2D eigenvalue weighted by Gasteiger charge is -2.09. The van der Waals surface area contributed by atoms with Gasteiger partial charge in [0.05, 0.1) is 7.11 Å². The minimum absolute atomic E-state index is 0.258. The van der Waals surface area contributed by atoms with Crippen molar-refractivity contribution < 1.29 is 14.3 Å². The van der Waals surface area contributed by atoms with Gasteiger partial charge in [0.25, 0.3) is 0 Å². The van der Waals surface area contributed by atoms with E-state index in [9.17, 15) is 4.79 Å². The monoisotopic (exact) mass is 186 g/mol. The van der Waals surface area contributed by atoms with Crippen molar-refractivity contribution >= 4 is 5.97 Å². The Kier molecular flexibility index (Phi) is 2.66. The molecular formula is C10H18O3. The topological polar surface area (TPSA) is 38.8 Å². The number of hydrogen-bond donors (Lipinski definition) is 0. The summed E-state index contributed by atoms with van der Waals surface area (Å²) in [4.78, 5) is 11.3. The highest BCUT2D eigenvalue weighted by molar-refractivity contribution is 5.84. The van der Waals surface area contributed by atoms with Gasteiger partial charge in [-0.25, -0.2) is 4.79 Å². The molecule has 13 heavy (non-hydrogen) atoms. The Hall–Kier alpha value is -0.570. The lowest BCUT2D eigenvalue weighted by molar-refractivity contribution is -0.146. The molecule has 1 heterocycles. The number of ether oxygens (including phenoxy) is 2. The normalized spacial score (nSPS) is 37.2. The average Bonchev–Trinajstić information content (AvgIpc) is 2.67. The van der Waals surface area contributed by atoms with Crippen LogP contribution in [0, 0.1) is 0 Å². The first kappa shape index (κ1) is 10.5. The number of rotatable bonds is 4. The fraction of sp³-hybridized carbons (Fsp3) is 0.900. The van der Waals surface area contributed by atoms with Gasteiger partial charge in [0.1, 0.15) is 5.60 Å². The minimum atomic E-state index is -0.698. The molecule has 2 atom stereocenters. The predicted molar refractivity (Wildman–Crippen MR) is 49.4 cm³/mol. The van der Waals surface area contributed by atoms with Crippen LogP contribution in [0.25, 0.3) is 0 Å². The van der Waals surface area contributed by atoms with Gasteiger partial charge in [-0.3, -0.25) is 0 Å². The lowest BCUT2D eigenvalue weighted by Crippen LogP contribution is -2.30. The smallest absolute Gasteiger partial charge is 0.340 e. The van der Waals surface area contributed by atoms with Crippen molar-refractivity contribution in [3.8, 4) is 0 Å². The molecule has 76 valence electrons. The lowest BCUT2D eigenvalue weighted by atomic mass is 9.91. The van der Waals surface area contributed by atoms with Gasteiger partial charge >= 0.3 is 5.97 Å². The first-order valence-electron chi connectivity index (χ1n) is 4.79. The summed E-state index contributed by atoms with van der Waals surface area (Å²) >= 11 is 0. The Balaban J connectivity index is 2.53. The molecule has 1 rings (SSSR count). The molecule has 0 aromatic carbocycles. The molecule has 0 bridgehead atoms. The Labute approximate surface area is 79.4 Å². The zero-order valence-electron chi connectivity index (χ0n) is 8.85. The third-order valence-corrected chi connectivity index (χ3v) is 2.98. The Bertz CT molecular complexity index is 214. The van der Waals surface area contributed by atoms with Crippen molar-refractivity contribution in [2.45, 2.75) is 51.2 Å². The molecule has 3 heteroatoms. The third kappa shape index (κ3) is 1.57. The van der Waals surface area contributed by atoms with Crippen LogP contribution < -0.4 is 0 Å². The second kappa shape index (κ2) is 3.29. The molecule has 0 spiro atoms. The zero-order valence-corrected chi connectivity index (χ0v) is 8.85. The van der Waals surface area contributed by atoms with Crippen LogP contribution in [-0.2, 0) is 14.3 Å². The molecule has 2 unspecified atom stereocenters. The van der Waals surface area contributed by atoms with Gasteiger partial charge in [-0.2, -0.15) is 0 Å². The number of epoxide rings is 1. The number of methoxy groups -OCH3 is 1. The summed E-state index contributed by atoms with van der Waals surface area (Å²) < 4.78 is 10.2. The van der Waals surface area contributed by atoms with Crippen LogP contribution in [0.3, 0.4) is 0 Å². The van der Waals surface area contributed by atoms with E-state index in [-0.39, 0.29) is 11.6 Å². The van der Waals surface area contributed by atoms with Crippen molar-refractivity contribution in [2.24, 2.45) is 0 Å². The minimum Gasteiger partial charge on any atom is -0.467 e. The molecule has 1 fully saturated rings. The maximum absolute atomic E-state index is 11.3. The molecular weight excluding hydrogens is 168 g/mol. The van der Waals surface area contributed by atoms with Crippen LogP contribution >= 0.6 is 0 Å². The fourth-order valence-corrected chi connectivity index (χ4v) is 1.68. The first-order chi connectivity index (χ1) is 6.00. The molecule has 0 radical (unpaired) electrons. The molecule has 1 saturated heterocycles. The number of carbonyl (C=O) groups is 1. The van der Waals surface area contributed by atoms with Gasteiger partial charge in [-0.1, -0.05) is 19.8 Å². The summed E-state index contributed by atoms with van der Waals surface area (Å²) in [6.45, 7) is 5.90. The summed E-state index contributed by atoms with van der Waals surface area (Å²) in [5.41, 5.74) is -0.993. The molecule has 0 amide bonds. The summed E-state index contributed by atoms with van der Waals surface area (Å²) in [7, 11) is 1.40. The number of carbonyl (C=O) groups excluding carboxylic acids is 1. The van der Waals surface area contributed by atoms with E-state index in [4.69, 9.17) is 4.74 Å². The maximum Gasteiger partial charge on any atom is 0.340 e. The maximum atomic E-state index is 11.3. The number of hydrogen-bond acceptors (Lipinski definition) is 3. The van der Waals surface area contributed by atoms with Crippen molar-refractivity contribution in [1.29, 1.82) is 0 Å². The van der Waals surface area contributed by atoms with Crippen LogP contribution in [0.2, 0.25) is 0 Å². The number of unbranched alkanes of at least 4 members (excludes halogenated alkanes) is 1. The molecule has 0 saturated carbocycles. The van der Waals surface area contributed by atoms with Crippen LogP contribution in [-0.4, -0.2) is 24.3 Å². The van der Waals surface area contributed by atoms with Gasteiger partial charge in [0.2, 0.25) is 0 Å². The Morgan fingerprint density at radius 3 is 2.54 bits per heavy atom. The third-order valence-electron chi connectivity index (χ3n) is 2.98. The van der Waals surface area contributed by atoms with Gasteiger partial charge in [0, 0.05) is 0 Å². The largest absolute Gasteiger partial charge is 0.467 e. The molecule has 0 aliphatic carbocycles. The van der Waals surface area contributed by atoms with Crippen molar-refractivity contribution in [3.05, 3.63) is 0 Å². The van der Waals surface area contributed by atoms with E-state index in [1.807, 2.05) is 6.92 Å². The van der Waals surface area contributed by atoms with E-state index in [2.05, 4.69) is 11.7 Å². The van der Waals surface area contributed by atoms with Gasteiger partial charge < -0.3 is 9.47 Å². The fourth-order valence-electron chi connectivity index (χ4n) is 1.68. The standard InChI is InChI=1S/C10H18O3/c1-5-6-7-9(2)10(3,13-9)8(11)12-4/h5-7H2,1-4H3. The second-order valence-corrected chi connectivity index (χ2v) is 3.96. The molecule has 1 aliphatic heterocycles. The summed E-state index contributed by atoms with van der Waals surface area (Å²) in [6.07, 6.45) is 3.13. The average molecular weight is 186 g/mol. The number of esters is 1. The molecule has 0 aromatic rings. The van der Waals surface area contributed by atoms with Crippen LogP contribution in [0.4, 0.5) is 0 Å². The molecule has 1 aliphatic rings. The predicted octanol–water partition coefficient (Wildman–Crippen LogP) is 1.90. The highest BCUT2D eigenvalue weighted by Gasteiger charge is 2.68. The summed E-state index contributed by atoms with van der Waals surface area (Å²) in [6, 6.07) is 0. The molecule has 0 aromatic heterocycles. The van der Waals surface area contributed by atoms with Crippen molar-refractivity contribution in [3.63, 3.8) is 0 Å². The molecule has 3 nitrogen and oxygen atoms in total. The Morgan fingerprint density at radius 2 is 2.08 bits per heavy atom. The van der Waals surface area contributed by atoms with E-state index >= 15 is 0 Å². The Morgan fingerprint density at radius 1 is 1.46 bits per heavy atom. The quantitative estimate of drug-likeness (QED) is 0.497. The second-order valence-electron chi connectivity index (χ2n) is 3.96. The summed E-state index contributed by atoms with van der Waals surface area (Å²) in [5.74, 6) is -0.258. The van der Waals surface area contributed by atoms with E-state index in [0.29, 0.717) is 0 Å². The first-order valence-corrected chi connectivity index (χ1v) is 4.79. The van der Waals surface area contributed by atoms with E-state index < -0.39 is 5.60 Å². The summed E-state index contributed by atoms with van der Waals surface area (Å²) in [5, 5.41) is 0. The van der Waals surface area contributed by atoms with Gasteiger partial charge in [-0.15, -0.1) is 0 Å². The zero-order chi connectivity index (χ0) is 10.1. The van der Waals surface area contributed by atoms with Gasteiger partial charge in [0.15, 0.2) is 5.60 Å². The van der Waals surface area contributed by atoms with Crippen LogP contribution in [0.5, 0.6) is 0 Å².